The predicted octanol–water partition coefficient (Wildman–Crippen LogP) is 1.25. The summed E-state index contributed by atoms with van der Waals surface area (Å²) in [6.45, 7) is 1.22. The van der Waals surface area contributed by atoms with Gasteiger partial charge in [-0.25, -0.2) is 8.78 Å². The highest BCUT2D eigenvalue weighted by atomic mass is 19.1. The molecule has 0 radical (unpaired) electrons. The van der Waals surface area contributed by atoms with Crippen molar-refractivity contribution < 1.29 is 28.2 Å². The Morgan fingerprint density at radius 2 is 1.91 bits per heavy atom. The summed E-state index contributed by atoms with van der Waals surface area (Å²) in [5.41, 5.74) is -0.704. The fraction of sp³-hybridized carbons (Fsp3) is 0.533. The lowest BCUT2D eigenvalue weighted by Crippen LogP contribution is -2.49. The van der Waals surface area contributed by atoms with Gasteiger partial charge in [-0.1, -0.05) is 0 Å². The Hall–Kier alpha value is -1.57. The van der Waals surface area contributed by atoms with Crippen LogP contribution in [0.5, 0.6) is 0 Å². The molecule has 0 saturated carbocycles. The van der Waals surface area contributed by atoms with Gasteiger partial charge in [0.05, 0.1) is 18.8 Å². The van der Waals surface area contributed by atoms with E-state index in [4.69, 9.17) is 14.6 Å². The van der Waals surface area contributed by atoms with E-state index in [9.17, 15) is 13.6 Å². The second kappa shape index (κ2) is 7.62. The van der Waals surface area contributed by atoms with Gasteiger partial charge in [0.25, 0.3) is 5.91 Å². The number of ether oxygens (including phenoxy) is 2. The molecule has 0 unspecified atom stereocenters. The Labute approximate surface area is 127 Å². The molecular formula is C15H19F2NO4. The second-order valence-electron chi connectivity index (χ2n) is 5.21. The van der Waals surface area contributed by atoms with Crippen molar-refractivity contribution in [3.8, 4) is 0 Å². The standard InChI is InChI=1S/C15H19F2NO4/c16-12-7-11(8-13(17)9-12)14(20)18-10-15(22-6-3-19)1-4-21-5-2-15/h7-9,19H,1-6,10H2,(H,18,20). The summed E-state index contributed by atoms with van der Waals surface area (Å²) in [5, 5.41) is 11.5. The largest absolute Gasteiger partial charge is 0.394 e. The van der Waals surface area contributed by atoms with E-state index in [1.165, 1.54) is 0 Å². The average molecular weight is 315 g/mol. The molecule has 1 aliphatic rings. The molecule has 7 heteroatoms. The molecule has 0 atom stereocenters. The van der Waals surface area contributed by atoms with Crippen LogP contribution in [0.3, 0.4) is 0 Å². The van der Waals surface area contributed by atoms with Crippen LogP contribution in [0.1, 0.15) is 23.2 Å². The Balaban J connectivity index is 2.00. The molecule has 0 spiro atoms. The lowest BCUT2D eigenvalue weighted by molar-refractivity contribution is -0.114. The summed E-state index contributed by atoms with van der Waals surface area (Å²) < 4.78 is 37.2. The highest BCUT2D eigenvalue weighted by Gasteiger charge is 2.34. The molecule has 1 aliphatic heterocycles. The fourth-order valence-electron chi connectivity index (χ4n) is 2.41. The molecule has 1 amide bonds. The van der Waals surface area contributed by atoms with E-state index in [2.05, 4.69) is 5.32 Å². The third-order valence-corrected chi connectivity index (χ3v) is 3.60. The van der Waals surface area contributed by atoms with E-state index in [0.29, 0.717) is 32.1 Å². The van der Waals surface area contributed by atoms with Crippen LogP contribution in [0.15, 0.2) is 18.2 Å². The number of aliphatic hydroxyl groups excluding tert-OH is 1. The number of rotatable bonds is 6. The van der Waals surface area contributed by atoms with Gasteiger partial charge < -0.3 is 19.9 Å². The first kappa shape index (κ1) is 16.8. The van der Waals surface area contributed by atoms with E-state index in [-0.39, 0.29) is 25.3 Å². The number of carbonyl (C=O) groups excluding carboxylic acids is 1. The van der Waals surface area contributed by atoms with Gasteiger partial charge in [-0.05, 0) is 12.1 Å². The van der Waals surface area contributed by atoms with Gasteiger partial charge in [-0.15, -0.1) is 0 Å². The molecule has 0 bridgehead atoms. The summed E-state index contributed by atoms with van der Waals surface area (Å²) >= 11 is 0. The van der Waals surface area contributed by atoms with Crippen LogP contribution in [0.25, 0.3) is 0 Å². The highest BCUT2D eigenvalue weighted by Crippen LogP contribution is 2.24. The van der Waals surface area contributed by atoms with Crippen molar-refractivity contribution in [2.45, 2.75) is 18.4 Å². The zero-order valence-electron chi connectivity index (χ0n) is 12.1. The zero-order valence-corrected chi connectivity index (χ0v) is 12.1. The maximum atomic E-state index is 13.1. The summed E-state index contributed by atoms with van der Waals surface area (Å²) in [7, 11) is 0. The molecule has 122 valence electrons. The van der Waals surface area contributed by atoms with Crippen LogP contribution in [0, 0.1) is 11.6 Å². The third kappa shape index (κ3) is 4.46. The molecule has 1 fully saturated rings. The van der Waals surface area contributed by atoms with Gasteiger partial charge in [0, 0.05) is 44.2 Å². The molecule has 1 aromatic rings. The lowest BCUT2D eigenvalue weighted by Gasteiger charge is -2.37. The summed E-state index contributed by atoms with van der Waals surface area (Å²) in [6, 6.07) is 2.66. The van der Waals surface area contributed by atoms with Crippen LogP contribution < -0.4 is 5.32 Å². The highest BCUT2D eigenvalue weighted by molar-refractivity contribution is 5.94. The van der Waals surface area contributed by atoms with Gasteiger partial charge in [-0.2, -0.15) is 0 Å². The molecule has 2 rings (SSSR count). The Bertz CT molecular complexity index is 498. The van der Waals surface area contributed by atoms with Crippen LogP contribution in [0.4, 0.5) is 8.78 Å². The first-order chi connectivity index (χ1) is 10.5. The van der Waals surface area contributed by atoms with Crippen molar-refractivity contribution in [1.82, 2.24) is 5.32 Å². The Kier molecular flexibility index (Phi) is 5.82. The van der Waals surface area contributed by atoms with Crippen molar-refractivity contribution in [3.63, 3.8) is 0 Å². The van der Waals surface area contributed by atoms with Gasteiger partial charge in [0.15, 0.2) is 0 Å². The first-order valence-electron chi connectivity index (χ1n) is 7.11. The van der Waals surface area contributed by atoms with Crippen molar-refractivity contribution in [2.24, 2.45) is 0 Å². The number of carbonyl (C=O) groups is 1. The molecule has 1 saturated heterocycles. The molecule has 0 aliphatic carbocycles. The maximum Gasteiger partial charge on any atom is 0.251 e. The quantitative estimate of drug-likeness (QED) is 0.829. The normalized spacial score (nSPS) is 17.2. The summed E-state index contributed by atoms with van der Waals surface area (Å²) in [4.78, 5) is 12.0. The number of amides is 1. The lowest BCUT2D eigenvalue weighted by atomic mass is 9.93. The fourth-order valence-corrected chi connectivity index (χ4v) is 2.41. The van der Waals surface area contributed by atoms with E-state index < -0.39 is 23.1 Å². The SMILES string of the molecule is O=C(NCC1(OCCO)CCOCC1)c1cc(F)cc(F)c1. The van der Waals surface area contributed by atoms with E-state index in [0.717, 1.165) is 12.1 Å². The molecular weight excluding hydrogens is 296 g/mol. The minimum atomic E-state index is -0.803. The van der Waals surface area contributed by atoms with Crippen LogP contribution in [-0.2, 0) is 9.47 Å². The molecule has 0 aromatic heterocycles. The van der Waals surface area contributed by atoms with Gasteiger partial charge >= 0.3 is 0 Å². The van der Waals surface area contributed by atoms with E-state index >= 15 is 0 Å². The average Bonchev–Trinajstić information content (AvgIpc) is 2.51. The number of benzene rings is 1. The number of nitrogens with one attached hydrogen (secondary N) is 1. The summed E-state index contributed by atoms with van der Waals surface area (Å²) in [6.07, 6.45) is 1.15. The van der Waals surface area contributed by atoms with Crippen LogP contribution in [-0.4, -0.2) is 49.6 Å². The van der Waals surface area contributed by atoms with Gasteiger partial charge in [0.2, 0.25) is 0 Å². The molecule has 1 heterocycles. The number of hydrogen-bond acceptors (Lipinski definition) is 4. The maximum absolute atomic E-state index is 13.1. The number of aliphatic hydroxyl groups is 1. The summed E-state index contributed by atoms with van der Waals surface area (Å²) in [5.74, 6) is -2.18. The minimum Gasteiger partial charge on any atom is -0.394 e. The molecule has 2 N–H and O–H groups in total. The van der Waals surface area contributed by atoms with Crippen molar-refractivity contribution in [3.05, 3.63) is 35.4 Å². The van der Waals surface area contributed by atoms with Crippen molar-refractivity contribution in [1.29, 1.82) is 0 Å². The number of halogens is 2. The first-order valence-corrected chi connectivity index (χ1v) is 7.11. The third-order valence-electron chi connectivity index (χ3n) is 3.60. The van der Waals surface area contributed by atoms with Gasteiger partial charge in [0.1, 0.15) is 11.6 Å². The monoisotopic (exact) mass is 315 g/mol. The van der Waals surface area contributed by atoms with Gasteiger partial charge in [-0.3, -0.25) is 4.79 Å². The van der Waals surface area contributed by atoms with Crippen molar-refractivity contribution in [2.75, 3.05) is 33.0 Å². The Morgan fingerprint density at radius 3 is 2.50 bits per heavy atom. The van der Waals surface area contributed by atoms with Crippen LogP contribution >= 0.6 is 0 Å². The second-order valence-corrected chi connectivity index (χ2v) is 5.21. The zero-order chi connectivity index (χ0) is 16.0. The number of hydrogen-bond donors (Lipinski definition) is 2. The van der Waals surface area contributed by atoms with E-state index in [1.54, 1.807) is 0 Å². The Morgan fingerprint density at radius 1 is 1.27 bits per heavy atom. The molecule has 5 nitrogen and oxygen atoms in total. The van der Waals surface area contributed by atoms with E-state index in [1.807, 2.05) is 0 Å². The van der Waals surface area contributed by atoms with Crippen LogP contribution in [0.2, 0.25) is 0 Å². The molecule has 22 heavy (non-hydrogen) atoms. The topological polar surface area (TPSA) is 67.8 Å². The molecule has 1 aromatic carbocycles. The van der Waals surface area contributed by atoms with Crippen molar-refractivity contribution >= 4 is 5.91 Å². The predicted molar refractivity (Wildman–Crippen MR) is 74.5 cm³/mol. The smallest absolute Gasteiger partial charge is 0.251 e. The minimum absolute atomic E-state index is 0.0816.